The number of piperazine rings is 1. The SMILES string of the molecule is C[C@@H](Nc1ncnc2cc(Br)c(N3CCN(C)CC3)cc12)c1cc(N)cc(C(F)(F)F)c1. The summed E-state index contributed by atoms with van der Waals surface area (Å²) in [6.07, 6.45) is -3.02. The van der Waals surface area contributed by atoms with Crippen LogP contribution >= 0.6 is 15.9 Å². The van der Waals surface area contributed by atoms with Gasteiger partial charge in [0.05, 0.1) is 22.8 Å². The van der Waals surface area contributed by atoms with Crippen molar-refractivity contribution in [3.8, 4) is 0 Å². The normalized spacial score (nSPS) is 16.4. The summed E-state index contributed by atoms with van der Waals surface area (Å²) in [6, 6.07) is 7.12. The molecule has 0 aliphatic carbocycles. The molecule has 1 atom stereocenters. The maximum absolute atomic E-state index is 13.2. The Bertz CT molecular complexity index is 1130. The smallest absolute Gasteiger partial charge is 0.399 e. The number of fused-ring (bicyclic) bond motifs is 1. The number of nitrogens with zero attached hydrogens (tertiary/aromatic N) is 4. The van der Waals surface area contributed by atoms with E-state index >= 15 is 0 Å². The van der Waals surface area contributed by atoms with Gasteiger partial charge in [-0.05, 0) is 65.8 Å². The summed E-state index contributed by atoms with van der Waals surface area (Å²) < 4.78 is 40.6. The van der Waals surface area contributed by atoms with Gasteiger partial charge in [0.1, 0.15) is 12.1 Å². The number of likely N-dealkylation sites (N-methyl/N-ethyl adjacent to an activating group) is 1. The van der Waals surface area contributed by atoms with Crippen LogP contribution in [0.2, 0.25) is 0 Å². The Hall–Kier alpha value is -2.59. The zero-order valence-corrected chi connectivity index (χ0v) is 19.3. The van der Waals surface area contributed by atoms with Crippen LogP contribution in [0.1, 0.15) is 24.1 Å². The highest BCUT2D eigenvalue weighted by Gasteiger charge is 2.31. The number of aromatic nitrogens is 2. The molecule has 32 heavy (non-hydrogen) atoms. The Morgan fingerprint density at radius 2 is 1.78 bits per heavy atom. The van der Waals surface area contributed by atoms with E-state index < -0.39 is 17.8 Å². The second kappa shape index (κ2) is 8.74. The monoisotopic (exact) mass is 508 g/mol. The average molecular weight is 509 g/mol. The summed E-state index contributed by atoms with van der Waals surface area (Å²) in [6.45, 7) is 5.51. The van der Waals surface area contributed by atoms with Crippen LogP contribution in [-0.4, -0.2) is 48.1 Å². The quantitative estimate of drug-likeness (QED) is 0.487. The minimum atomic E-state index is -4.46. The van der Waals surface area contributed by atoms with Crippen molar-refractivity contribution in [2.24, 2.45) is 0 Å². The van der Waals surface area contributed by atoms with Gasteiger partial charge in [-0.15, -0.1) is 0 Å². The molecular formula is C22H24BrF3N6. The van der Waals surface area contributed by atoms with Gasteiger partial charge in [0, 0.05) is 41.7 Å². The molecule has 3 aromatic rings. The lowest BCUT2D eigenvalue weighted by atomic mass is 10.0. The molecule has 1 aliphatic rings. The van der Waals surface area contributed by atoms with E-state index in [0.29, 0.717) is 11.4 Å². The second-order valence-electron chi connectivity index (χ2n) is 8.09. The topological polar surface area (TPSA) is 70.3 Å². The Labute approximate surface area is 192 Å². The third kappa shape index (κ3) is 4.75. The van der Waals surface area contributed by atoms with E-state index in [1.807, 2.05) is 12.1 Å². The van der Waals surface area contributed by atoms with Gasteiger partial charge in [-0.25, -0.2) is 9.97 Å². The molecule has 0 unspecified atom stereocenters. The van der Waals surface area contributed by atoms with Crippen molar-refractivity contribution in [3.05, 3.63) is 52.3 Å². The minimum Gasteiger partial charge on any atom is -0.399 e. The van der Waals surface area contributed by atoms with Crippen LogP contribution in [0.15, 0.2) is 41.1 Å². The van der Waals surface area contributed by atoms with Crippen molar-refractivity contribution in [2.45, 2.75) is 19.1 Å². The summed E-state index contributed by atoms with van der Waals surface area (Å²) in [5, 5.41) is 4.05. The van der Waals surface area contributed by atoms with Crippen LogP contribution < -0.4 is 16.0 Å². The van der Waals surface area contributed by atoms with Crippen molar-refractivity contribution < 1.29 is 13.2 Å². The third-order valence-corrected chi connectivity index (χ3v) is 6.34. The summed E-state index contributed by atoms with van der Waals surface area (Å²) >= 11 is 3.66. The maximum atomic E-state index is 13.2. The second-order valence-corrected chi connectivity index (χ2v) is 8.94. The Balaban J connectivity index is 1.67. The van der Waals surface area contributed by atoms with E-state index in [0.717, 1.165) is 59.4 Å². The fourth-order valence-electron chi connectivity index (χ4n) is 3.85. The first-order chi connectivity index (χ1) is 15.1. The minimum absolute atomic E-state index is 0.0669. The van der Waals surface area contributed by atoms with Gasteiger partial charge in [0.2, 0.25) is 0 Å². The molecule has 4 rings (SSSR count). The number of rotatable bonds is 4. The summed E-state index contributed by atoms with van der Waals surface area (Å²) in [7, 11) is 2.10. The van der Waals surface area contributed by atoms with Crippen molar-refractivity contribution in [2.75, 3.05) is 49.2 Å². The highest BCUT2D eigenvalue weighted by atomic mass is 79.9. The lowest BCUT2D eigenvalue weighted by molar-refractivity contribution is -0.137. The number of alkyl halides is 3. The molecule has 2 heterocycles. The molecule has 0 bridgehead atoms. The first kappa shape index (κ1) is 22.6. The van der Waals surface area contributed by atoms with Crippen LogP contribution in [0, 0.1) is 0 Å². The van der Waals surface area contributed by atoms with Crippen LogP contribution in [-0.2, 0) is 6.18 Å². The Morgan fingerprint density at radius 1 is 1.06 bits per heavy atom. The number of nitrogens with one attached hydrogen (secondary N) is 1. The van der Waals surface area contributed by atoms with Crippen molar-refractivity contribution >= 4 is 44.0 Å². The van der Waals surface area contributed by atoms with Gasteiger partial charge in [-0.2, -0.15) is 13.2 Å². The number of hydrogen-bond donors (Lipinski definition) is 2. The van der Waals surface area contributed by atoms with Crippen LogP contribution in [0.25, 0.3) is 10.9 Å². The van der Waals surface area contributed by atoms with Crippen molar-refractivity contribution in [3.63, 3.8) is 0 Å². The first-order valence-corrected chi connectivity index (χ1v) is 11.0. The maximum Gasteiger partial charge on any atom is 0.416 e. The van der Waals surface area contributed by atoms with Crippen LogP contribution in [0.3, 0.4) is 0 Å². The number of benzene rings is 2. The van der Waals surface area contributed by atoms with Gasteiger partial charge in [-0.3, -0.25) is 0 Å². The average Bonchev–Trinajstić information content (AvgIpc) is 2.73. The molecule has 0 spiro atoms. The van der Waals surface area contributed by atoms with Crippen LogP contribution in [0.5, 0.6) is 0 Å². The fourth-order valence-corrected chi connectivity index (χ4v) is 4.43. The van der Waals surface area contributed by atoms with Crippen molar-refractivity contribution in [1.82, 2.24) is 14.9 Å². The van der Waals surface area contributed by atoms with Gasteiger partial charge in [0.15, 0.2) is 0 Å². The van der Waals surface area contributed by atoms with E-state index in [1.54, 1.807) is 13.0 Å². The molecule has 170 valence electrons. The molecule has 1 aliphatic heterocycles. The lowest BCUT2D eigenvalue weighted by Gasteiger charge is -2.34. The number of nitrogens with two attached hydrogens (primary N) is 1. The van der Waals surface area contributed by atoms with Gasteiger partial charge < -0.3 is 20.9 Å². The molecule has 6 nitrogen and oxygen atoms in total. The summed E-state index contributed by atoms with van der Waals surface area (Å²) in [4.78, 5) is 13.3. The van der Waals surface area contributed by atoms with E-state index in [-0.39, 0.29) is 5.69 Å². The fraction of sp³-hybridized carbons (Fsp3) is 0.364. The molecule has 1 aromatic heterocycles. The lowest BCUT2D eigenvalue weighted by Crippen LogP contribution is -2.44. The van der Waals surface area contributed by atoms with Gasteiger partial charge >= 0.3 is 6.18 Å². The predicted octanol–water partition coefficient (Wildman–Crippen LogP) is 4.92. The number of halogens is 4. The first-order valence-electron chi connectivity index (χ1n) is 10.2. The van der Waals surface area contributed by atoms with E-state index in [9.17, 15) is 13.2 Å². The molecule has 0 saturated carbocycles. The molecule has 10 heteroatoms. The Kier molecular flexibility index (Phi) is 6.17. The Morgan fingerprint density at radius 3 is 2.47 bits per heavy atom. The number of nitrogen functional groups attached to an aromatic ring is 1. The highest BCUT2D eigenvalue weighted by Crippen LogP contribution is 2.36. The zero-order chi connectivity index (χ0) is 23.0. The highest BCUT2D eigenvalue weighted by molar-refractivity contribution is 9.10. The third-order valence-electron chi connectivity index (χ3n) is 5.71. The molecule has 1 fully saturated rings. The molecule has 0 radical (unpaired) electrons. The molecule has 1 saturated heterocycles. The largest absolute Gasteiger partial charge is 0.416 e. The molecule has 3 N–H and O–H groups in total. The molecule has 2 aromatic carbocycles. The zero-order valence-electron chi connectivity index (χ0n) is 17.7. The molecular weight excluding hydrogens is 485 g/mol. The van der Waals surface area contributed by atoms with E-state index in [2.05, 4.69) is 48.1 Å². The van der Waals surface area contributed by atoms with Gasteiger partial charge in [0.25, 0.3) is 0 Å². The van der Waals surface area contributed by atoms with E-state index in [4.69, 9.17) is 5.73 Å². The standard InChI is InChI=1S/C22H24BrF3N6/c1-13(14-7-15(22(24,25)26)9-16(27)8-14)30-21-17-10-20(32-5-3-31(2)4-6-32)18(23)11-19(17)28-12-29-21/h7-13H,3-6,27H2,1-2H3,(H,28,29,30)/t13-/m1/s1. The summed E-state index contributed by atoms with van der Waals surface area (Å²) in [5.74, 6) is 0.557. The van der Waals surface area contributed by atoms with Crippen molar-refractivity contribution in [1.29, 1.82) is 0 Å². The van der Waals surface area contributed by atoms with E-state index in [1.165, 1.54) is 6.33 Å². The summed E-state index contributed by atoms with van der Waals surface area (Å²) in [5.41, 5.74) is 7.25. The van der Waals surface area contributed by atoms with Crippen LogP contribution in [0.4, 0.5) is 30.4 Å². The number of anilines is 3. The number of hydrogen-bond acceptors (Lipinski definition) is 6. The predicted molar refractivity (Wildman–Crippen MR) is 125 cm³/mol. The molecule has 0 amide bonds. The van der Waals surface area contributed by atoms with Gasteiger partial charge in [-0.1, -0.05) is 0 Å².